The average Bonchev–Trinajstić information content (AvgIpc) is 2.01. The SMILES string of the molecule is CCCC(OC(=O)C(C)(C)Br)[SiH](Cl)Cl. The van der Waals surface area contributed by atoms with Crippen LogP contribution in [0.5, 0.6) is 0 Å². The fraction of sp³-hybridized carbons (Fsp3) is 0.875. The first-order valence-electron chi connectivity index (χ1n) is 4.47. The van der Waals surface area contributed by atoms with E-state index in [0.717, 1.165) is 12.8 Å². The van der Waals surface area contributed by atoms with Gasteiger partial charge in [-0.1, -0.05) is 29.3 Å². The van der Waals surface area contributed by atoms with Crippen molar-refractivity contribution in [3.8, 4) is 0 Å². The number of carbonyl (C=O) groups is 1. The number of hydrogen-bond donors (Lipinski definition) is 0. The third-order valence-corrected chi connectivity index (χ3v) is 4.64. The highest BCUT2D eigenvalue weighted by Gasteiger charge is 2.30. The van der Waals surface area contributed by atoms with E-state index in [2.05, 4.69) is 15.9 Å². The standard InChI is InChI=1S/C8H15BrCl2O2Si/c1-4-5-6(14(10)11)13-7(12)8(2,3)9/h6,14H,4-5H2,1-3H3. The van der Waals surface area contributed by atoms with Crippen molar-refractivity contribution in [2.45, 2.75) is 43.7 Å². The monoisotopic (exact) mass is 320 g/mol. The Morgan fingerprint density at radius 3 is 2.36 bits per heavy atom. The van der Waals surface area contributed by atoms with E-state index in [4.69, 9.17) is 26.9 Å². The van der Waals surface area contributed by atoms with Crippen LogP contribution in [-0.2, 0) is 9.53 Å². The lowest BCUT2D eigenvalue weighted by molar-refractivity contribution is -0.147. The maximum Gasteiger partial charge on any atom is 0.322 e. The maximum atomic E-state index is 11.5. The molecule has 0 aliphatic rings. The summed E-state index contributed by atoms with van der Waals surface area (Å²) in [5, 5.41) is 0. The summed E-state index contributed by atoms with van der Waals surface area (Å²) in [4.78, 5) is 11.5. The summed E-state index contributed by atoms with van der Waals surface area (Å²) in [6, 6.07) is 0. The van der Waals surface area contributed by atoms with Gasteiger partial charge in [-0.05, 0) is 20.3 Å². The number of ether oxygens (including phenoxy) is 1. The molecule has 0 aromatic rings. The molecule has 14 heavy (non-hydrogen) atoms. The van der Waals surface area contributed by atoms with Crippen LogP contribution in [0.1, 0.15) is 33.6 Å². The molecular weight excluding hydrogens is 307 g/mol. The van der Waals surface area contributed by atoms with Crippen molar-refractivity contribution in [1.82, 2.24) is 0 Å². The summed E-state index contributed by atoms with van der Waals surface area (Å²) in [6.07, 6.45) is 1.64. The predicted octanol–water partition coefficient (Wildman–Crippen LogP) is 3.11. The molecule has 0 N–H and O–H groups in total. The molecule has 0 rings (SSSR count). The number of halogens is 3. The van der Waals surface area contributed by atoms with E-state index in [9.17, 15) is 4.79 Å². The Balaban J connectivity index is 4.24. The summed E-state index contributed by atoms with van der Waals surface area (Å²) < 4.78 is 4.56. The second kappa shape index (κ2) is 6.36. The summed E-state index contributed by atoms with van der Waals surface area (Å²) in [7, 11) is -1.95. The number of alkyl halides is 1. The van der Waals surface area contributed by atoms with Crippen LogP contribution in [0.2, 0.25) is 0 Å². The van der Waals surface area contributed by atoms with Gasteiger partial charge in [-0.15, -0.1) is 22.2 Å². The molecule has 0 aromatic heterocycles. The first-order valence-corrected chi connectivity index (χ1v) is 9.42. The number of rotatable bonds is 5. The quantitative estimate of drug-likeness (QED) is 0.336. The van der Waals surface area contributed by atoms with E-state index in [1.165, 1.54) is 0 Å². The molecule has 0 bridgehead atoms. The molecule has 0 radical (unpaired) electrons. The summed E-state index contributed by atoms with van der Waals surface area (Å²) >= 11 is 14.9. The second-order valence-corrected chi connectivity index (χ2v) is 10.4. The lowest BCUT2D eigenvalue weighted by Crippen LogP contribution is -2.35. The average molecular weight is 322 g/mol. The minimum atomic E-state index is -1.95. The lowest BCUT2D eigenvalue weighted by atomic mass is 10.2. The van der Waals surface area contributed by atoms with Gasteiger partial charge in [-0.25, -0.2) is 0 Å². The van der Waals surface area contributed by atoms with Crippen molar-refractivity contribution in [3.63, 3.8) is 0 Å². The van der Waals surface area contributed by atoms with Crippen molar-refractivity contribution in [3.05, 3.63) is 0 Å². The highest BCUT2D eigenvalue weighted by atomic mass is 79.9. The van der Waals surface area contributed by atoms with Crippen molar-refractivity contribution in [2.24, 2.45) is 0 Å². The van der Waals surface area contributed by atoms with Crippen molar-refractivity contribution in [2.75, 3.05) is 0 Å². The molecule has 0 aromatic carbocycles. The van der Waals surface area contributed by atoms with Crippen LogP contribution in [0.15, 0.2) is 0 Å². The minimum absolute atomic E-state index is 0.285. The van der Waals surface area contributed by atoms with Crippen LogP contribution >= 0.6 is 38.1 Å². The van der Waals surface area contributed by atoms with Gasteiger partial charge in [0.05, 0.1) is 0 Å². The third kappa shape index (κ3) is 5.58. The Kier molecular flexibility index (Phi) is 6.69. The van der Waals surface area contributed by atoms with Crippen molar-refractivity contribution in [1.29, 1.82) is 0 Å². The van der Waals surface area contributed by atoms with Gasteiger partial charge >= 0.3 is 5.97 Å². The van der Waals surface area contributed by atoms with Crippen LogP contribution in [0, 0.1) is 0 Å². The number of esters is 1. The third-order valence-electron chi connectivity index (χ3n) is 1.60. The van der Waals surface area contributed by atoms with Gasteiger partial charge in [-0.2, -0.15) is 0 Å². The molecule has 0 aliphatic carbocycles. The van der Waals surface area contributed by atoms with Gasteiger partial charge in [-0.3, -0.25) is 4.79 Å². The molecule has 0 amide bonds. The van der Waals surface area contributed by atoms with Crippen molar-refractivity contribution >= 4 is 51.5 Å². The van der Waals surface area contributed by atoms with Gasteiger partial charge in [0.15, 0.2) is 0 Å². The van der Waals surface area contributed by atoms with Gasteiger partial charge < -0.3 is 4.74 Å². The van der Waals surface area contributed by atoms with Gasteiger partial charge in [0.1, 0.15) is 10.1 Å². The molecule has 0 saturated carbocycles. The Morgan fingerprint density at radius 2 is 2.07 bits per heavy atom. The second-order valence-electron chi connectivity index (χ2n) is 3.54. The van der Waals surface area contributed by atoms with E-state index in [-0.39, 0.29) is 11.7 Å². The molecule has 6 heteroatoms. The normalized spacial score (nSPS) is 14.2. The topological polar surface area (TPSA) is 26.3 Å². The van der Waals surface area contributed by atoms with E-state index in [1.807, 2.05) is 6.92 Å². The Labute approximate surface area is 104 Å². The smallest absolute Gasteiger partial charge is 0.322 e. The fourth-order valence-corrected chi connectivity index (χ4v) is 2.77. The highest BCUT2D eigenvalue weighted by Crippen LogP contribution is 2.21. The fourth-order valence-electron chi connectivity index (χ4n) is 0.798. The summed E-state index contributed by atoms with van der Waals surface area (Å²) in [5.74, 6) is -0.310. The Hall–Kier alpha value is 0.747. The van der Waals surface area contributed by atoms with Crippen LogP contribution in [-0.4, -0.2) is 23.4 Å². The predicted molar refractivity (Wildman–Crippen MR) is 66.6 cm³/mol. The van der Waals surface area contributed by atoms with E-state index < -0.39 is 11.7 Å². The van der Waals surface area contributed by atoms with E-state index in [1.54, 1.807) is 13.8 Å². The van der Waals surface area contributed by atoms with Crippen LogP contribution in [0.25, 0.3) is 0 Å². The zero-order chi connectivity index (χ0) is 11.4. The van der Waals surface area contributed by atoms with Crippen molar-refractivity contribution < 1.29 is 9.53 Å². The molecule has 0 heterocycles. The van der Waals surface area contributed by atoms with E-state index in [0.29, 0.717) is 0 Å². The number of hydrogen-bond acceptors (Lipinski definition) is 2. The largest absolute Gasteiger partial charge is 0.462 e. The summed E-state index contributed by atoms with van der Waals surface area (Å²) in [6.45, 7) is 5.47. The maximum absolute atomic E-state index is 11.5. The molecule has 0 fully saturated rings. The van der Waals surface area contributed by atoms with E-state index >= 15 is 0 Å². The molecule has 1 atom stereocenters. The van der Waals surface area contributed by atoms with Gasteiger partial charge in [0, 0.05) is 0 Å². The molecule has 1 unspecified atom stereocenters. The zero-order valence-electron chi connectivity index (χ0n) is 8.52. The summed E-state index contributed by atoms with van der Waals surface area (Å²) in [5.41, 5.74) is -0.285. The molecule has 0 saturated heterocycles. The van der Waals surface area contributed by atoms with Gasteiger partial charge in [0.25, 0.3) is 7.42 Å². The Bertz CT molecular complexity index is 194. The highest BCUT2D eigenvalue weighted by molar-refractivity contribution is 9.10. The molecular formula is C8H15BrCl2O2Si. The van der Waals surface area contributed by atoms with Crippen LogP contribution in [0.4, 0.5) is 0 Å². The molecule has 0 spiro atoms. The lowest BCUT2D eigenvalue weighted by Gasteiger charge is -2.22. The van der Waals surface area contributed by atoms with Gasteiger partial charge in [0.2, 0.25) is 0 Å². The molecule has 0 aliphatic heterocycles. The molecule has 2 nitrogen and oxygen atoms in total. The first-order chi connectivity index (χ1) is 6.29. The van der Waals surface area contributed by atoms with Crippen LogP contribution in [0.3, 0.4) is 0 Å². The Morgan fingerprint density at radius 1 is 1.57 bits per heavy atom. The van der Waals surface area contributed by atoms with Crippen LogP contribution < -0.4 is 0 Å². The number of carbonyl (C=O) groups excluding carboxylic acids is 1. The zero-order valence-corrected chi connectivity index (χ0v) is 12.8. The minimum Gasteiger partial charge on any atom is -0.462 e. The molecule has 84 valence electrons. The first kappa shape index (κ1) is 14.7.